The molecular weight excluding hydrogens is 369 g/mol. The first-order chi connectivity index (χ1) is 9.91. The van der Waals surface area contributed by atoms with Gasteiger partial charge in [-0.15, -0.1) is 37.2 Å². The van der Waals surface area contributed by atoms with Crippen molar-refractivity contribution in [3.8, 4) is 5.75 Å². The number of fused-ring (bicyclic) bond motifs is 1. The second kappa shape index (κ2) is 8.81. The minimum atomic E-state index is -0.130. The van der Waals surface area contributed by atoms with Gasteiger partial charge in [0.05, 0.1) is 0 Å². The van der Waals surface area contributed by atoms with E-state index in [9.17, 15) is 0 Å². The summed E-state index contributed by atoms with van der Waals surface area (Å²) >= 11 is 0. The van der Waals surface area contributed by atoms with E-state index in [0.29, 0.717) is 0 Å². The molecule has 1 aromatic carbocycles. The Bertz CT molecular complexity index is 538. The van der Waals surface area contributed by atoms with Crippen LogP contribution >= 0.6 is 37.2 Å². The maximum absolute atomic E-state index is 6.43. The van der Waals surface area contributed by atoms with Gasteiger partial charge in [-0.3, -0.25) is 4.90 Å². The lowest BCUT2D eigenvalue weighted by atomic mass is 9.91. The minimum absolute atomic E-state index is 0. The Balaban J connectivity index is 0.00000176. The second-order valence-corrected chi connectivity index (χ2v) is 6.85. The molecule has 0 saturated carbocycles. The zero-order chi connectivity index (χ0) is 15.2. The molecule has 0 amide bonds. The number of piperazine rings is 1. The SMILES string of the molecule is Cc1c(C)c2c(c(C)c1N)CC(C)(CN1CCNCC1)O2.Cl.Cl.Cl. The van der Waals surface area contributed by atoms with Crippen molar-refractivity contribution in [1.29, 1.82) is 0 Å². The molecule has 3 rings (SSSR count). The second-order valence-electron chi connectivity index (χ2n) is 6.85. The van der Waals surface area contributed by atoms with Crippen LogP contribution in [0.15, 0.2) is 0 Å². The minimum Gasteiger partial charge on any atom is -0.485 e. The third kappa shape index (κ3) is 4.23. The molecule has 1 saturated heterocycles. The van der Waals surface area contributed by atoms with Crippen molar-refractivity contribution >= 4 is 42.9 Å². The summed E-state index contributed by atoms with van der Waals surface area (Å²) in [6, 6.07) is 0. The molecule has 0 spiro atoms. The predicted molar refractivity (Wildman–Crippen MR) is 109 cm³/mol. The van der Waals surface area contributed by atoms with Gasteiger partial charge in [0.25, 0.3) is 0 Å². The Morgan fingerprint density at radius 3 is 2.21 bits per heavy atom. The highest BCUT2D eigenvalue weighted by molar-refractivity contribution is 5.86. The molecule has 7 heteroatoms. The number of nitrogens with one attached hydrogen (secondary N) is 1. The summed E-state index contributed by atoms with van der Waals surface area (Å²) in [5.74, 6) is 1.08. The molecule has 1 unspecified atom stereocenters. The van der Waals surface area contributed by atoms with Gasteiger partial charge in [0.15, 0.2) is 0 Å². The van der Waals surface area contributed by atoms with E-state index in [-0.39, 0.29) is 42.8 Å². The summed E-state index contributed by atoms with van der Waals surface area (Å²) in [4.78, 5) is 2.50. The largest absolute Gasteiger partial charge is 0.485 e. The molecule has 0 bridgehead atoms. The summed E-state index contributed by atoms with van der Waals surface area (Å²) in [5.41, 5.74) is 11.9. The van der Waals surface area contributed by atoms with Crippen LogP contribution in [0, 0.1) is 20.8 Å². The molecule has 0 aromatic heterocycles. The van der Waals surface area contributed by atoms with Crippen LogP contribution < -0.4 is 15.8 Å². The summed E-state index contributed by atoms with van der Waals surface area (Å²) in [5, 5.41) is 3.40. The Labute approximate surface area is 164 Å². The molecule has 24 heavy (non-hydrogen) atoms. The van der Waals surface area contributed by atoms with Crippen LogP contribution in [0.4, 0.5) is 5.69 Å². The number of ether oxygens (including phenoxy) is 1. The van der Waals surface area contributed by atoms with Gasteiger partial charge in [-0.05, 0) is 44.4 Å². The van der Waals surface area contributed by atoms with Gasteiger partial charge in [0, 0.05) is 50.4 Å². The van der Waals surface area contributed by atoms with Crippen molar-refractivity contribution < 1.29 is 4.74 Å². The number of anilines is 1. The highest BCUT2D eigenvalue weighted by Gasteiger charge is 2.39. The van der Waals surface area contributed by atoms with Crippen molar-refractivity contribution in [2.45, 2.75) is 39.7 Å². The zero-order valence-corrected chi connectivity index (χ0v) is 17.3. The van der Waals surface area contributed by atoms with Gasteiger partial charge in [0.1, 0.15) is 11.4 Å². The lowest BCUT2D eigenvalue weighted by Crippen LogP contribution is -2.51. The number of hydrogen-bond acceptors (Lipinski definition) is 4. The topological polar surface area (TPSA) is 50.5 Å². The number of nitrogens with two attached hydrogens (primary N) is 1. The normalized spacial score (nSPS) is 22.5. The van der Waals surface area contributed by atoms with Crippen molar-refractivity contribution in [2.24, 2.45) is 0 Å². The molecule has 0 radical (unpaired) electrons. The van der Waals surface area contributed by atoms with Gasteiger partial charge in [0.2, 0.25) is 0 Å². The van der Waals surface area contributed by atoms with E-state index < -0.39 is 0 Å². The predicted octanol–water partition coefficient (Wildman–Crippen LogP) is 3.06. The van der Waals surface area contributed by atoms with E-state index >= 15 is 0 Å². The van der Waals surface area contributed by atoms with Gasteiger partial charge in [-0.2, -0.15) is 0 Å². The van der Waals surface area contributed by atoms with E-state index in [2.05, 4.69) is 37.9 Å². The molecule has 0 aliphatic carbocycles. The Morgan fingerprint density at radius 1 is 1.04 bits per heavy atom. The number of halogens is 3. The van der Waals surface area contributed by atoms with Crippen LogP contribution in [-0.2, 0) is 6.42 Å². The third-order valence-electron chi connectivity index (χ3n) is 5.10. The standard InChI is InChI=1S/C17H27N3O.3ClH/c1-11-12(2)16-14(13(3)15(11)18)9-17(4,21-16)10-20-7-5-19-6-8-20;;;/h19H,5-10,18H2,1-4H3;3*1H. The fourth-order valence-electron chi connectivity index (χ4n) is 3.65. The summed E-state index contributed by atoms with van der Waals surface area (Å²) < 4.78 is 6.43. The molecule has 2 aliphatic heterocycles. The zero-order valence-electron chi connectivity index (χ0n) is 14.9. The van der Waals surface area contributed by atoms with E-state index in [1.54, 1.807) is 0 Å². The van der Waals surface area contributed by atoms with Gasteiger partial charge in [-0.25, -0.2) is 0 Å². The fraction of sp³-hybridized carbons (Fsp3) is 0.647. The number of benzene rings is 1. The van der Waals surface area contributed by atoms with Gasteiger partial charge >= 0.3 is 0 Å². The van der Waals surface area contributed by atoms with Gasteiger partial charge < -0.3 is 15.8 Å². The fourth-order valence-corrected chi connectivity index (χ4v) is 3.65. The molecule has 1 atom stereocenters. The highest BCUT2D eigenvalue weighted by Crippen LogP contribution is 2.43. The maximum atomic E-state index is 6.43. The molecule has 2 heterocycles. The Kier molecular flexibility index (Phi) is 8.67. The quantitative estimate of drug-likeness (QED) is 0.752. The van der Waals surface area contributed by atoms with E-state index in [1.165, 1.54) is 16.7 Å². The van der Waals surface area contributed by atoms with Crippen LogP contribution in [0.3, 0.4) is 0 Å². The highest BCUT2D eigenvalue weighted by atomic mass is 35.5. The first-order valence-corrected chi connectivity index (χ1v) is 7.91. The number of hydrogen-bond donors (Lipinski definition) is 2. The molecule has 2 aliphatic rings. The molecule has 3 N–H and O–H groups in total. The third-order valence-corrected chi connectivity index (χ3v) is 5.10. The van der Waals surface area contributed by atoms with Crippen molar-refractivity contribution in [3.05, 3.63) is 22.3 Å². The number of rotatable bonds is 2. The van der Waals surface area contributed by atoms with E-state index in [4.69, 9.17) is 10.5 Å². The molecule has 1 aromatic rings. The van der Waals surface area contributed by atoms with Crippen molar-refractivity contribution in [2.75, 3.05) is 38.5 Å². The average Bonchev–Trinajstić information content (AvgIpc) is 2.82. The van der Waals surface area contributed by atoms with E-state index in [1.807, 2.05) is 0 Å². The first-order valence-electron chi connectivity index (χ1n) is 7.91. The van der Waals surface area contributed by atoms with Gasteiger partial charge in [-0.1, -0.05) is 0 Å². The van der Waals surface area contributed by atoms with Crippen LogP contribution in [0.1, 0.15) is 29.2 Å². The maximum Gasteiger partial charge on any atom is 0.127 e. The van der Waals surface area contributed by atoms with Crippen molar-refractivity contribution in [1.82, 2.24) is 10.2 Å². The summed E-state index contributed by atoms with van der Waals surface area (Å²) in [7, 11) is 0. The number of nitrogens with zero attached hydrogens (tertiary/aromatic N) is 1. The van der Waals surface area contributed by atoms with Crippen LogP contribution in [0.25, 0.3) is 0 Å². The monoisotopic (exact) mass is 397 g/mol. The molecular formula is C17H30Cl3N3O. The van der Waals surface area contributed by atoms with Crippen molar-refractivity contribution in [3.63, 3.8) is 0 Å². The van der Waals surface area contributed by atoms with Crippen LogP contribution in [0.5, 0.6) is 5.75 Å². The van der Waals surface area contributed by atoms with Crippen LogP contribution in [-0.4, -0.2) is 43.2 Å². The summed E-state index contributed by atoms with van der Waals surface area (Å²) in [6.45, 7) is 13.9. The molecule has 140 valence electrons. The molecule has 4 nitrogen and oxygen atoms in total. The number of nitrogen functional groups attached to an aromatic ring is 1. The van der Waals surface area contributed by atoms with Crippen LogP contribution in [0.2, 0.25) is 0 Å². The summed E-state index contributed by atoms with van der Waals surface area (Å²) in [6.07, 6.45) is 0.962. The Morgan fingerprint density at radius 2 is 1.62 bits per heavy atom. The molecule has 1 fully saturated rings. The lowest BCUT2D eigenvalue weighted by molar-refractivity contribution is 0.0578. The Hall–Kier alpha value is -0.390. The first kappa shape index (κ1) is 23.6. The average molecular weight is 399 g/mol. The lowest BCUT2D eigenvalue weighted by Gasteiger charge is -2.34. The smallest absolute Gasteiger partial charge is 0.127 e. The van der Waals surface area contributed by atoms with E-state index in [0.717, 1.165) is 56.1 Å².